The van der Waals surface area contributed by atoms with Crippen molar-refractivity contribution in [1.29, 1.82) is 0 Å². The lowest BCUT2D eigenvalue weighted by molar-refractivity contribution is -0.117. The Balaban J connectivity index is 2.64. The van der Waals surface area contributed by atoms with Gasteiger partial charge in [-0.1, -0.05) is 32.9 Å². The van der Waals surface area contributed by atoms with E-state index in [4.69, 9.17) is 5.73 Å². The van der Waals surface area contributed by atoms with Crippen molar-refractivity contribution in [1.82, 2.24) is 0 Å². The second-order valence-electron chi connectivity index (χ2n) is 4.74. The van der Waals surface area contributed by atoms with E-state index in [1.165, 1.54) is 0 Å². The first-order valence-electron chi connectivity index (χ1n) is 6.16. The molecule has 1 rings (SSSR count). The lowest BCUT2D eigenvalue weighted by Gasteiger charge is -2.22. The number of nitrogens with one attached hydrogen (secondary N) is 1. The Labute approximate surface area is 103 Å². The third-order valence-electron chi connectivity index (χ3n) is 2.93. The van der Waals surface area contributed by atoms with Crippen molar-refractivity contribution in [3.8, 4) is 0 Å². The molecular formula is C14H22N2O. The predicted molar refractivity (Wildman–Crippen MR) is 71.9 cm³/mol. The summed E-state index contributed by atoms with van der Waals surface area (Å²) in [4.78, 5) is 10.8. The summed E-state index contributed by atoms with van der Waals surface area (Å²) in [5.41, 5.74) is 7.20. The van der Waals surface area contributed by atoms with E-state index < -0.39 is 0 Å². The van der Waals surface area contributed by atoms with Crippen LogP contribution in [-0.2, 0) is 11.2 Å². The number of benzene rings is 1. The Morgan fingerprint density at radius 3 is 2.29 bits per heavy atom. The number of rotatable bonds is 6. The average molecular weight is 234 g/mol. The number of amides is 1. The van der Waals surface area contributed by atoms with Crippen molar-refractivity contribution >= 4 is 11.6 Å². The van der Waals surface area contributed by atoms with Crippen LogP contribution in [0.15, 0.2) is 24.3 Å². The minimum absolute atomic E-state index is 0.292. The Morgan fingerprint density at radius 1 is 1.29 bits per heavy atom. The van der Waals surface area contributed by atoms with Crippen molar-refractivity contribution in [2.45, 2.75) is 39.7 Å². The highest BCUT2D eigenvalue weighted by Gasteiger charge is 2.10. The Morgan fingerprint density at radius 2 is 1.88 bits per heavy atom. The summed E-state index contributed by atoms with van der Waals surface area (Å²) in [7, 11) is 0. The molecule has 0 aliphatic carbocycles. The van der Waals surface area contributed by atoms with Crippen LogP contribution in [0.4, 0.5) is 5.69 Å². The quantitative estimate of drug-likeness (QED) is 0.794. The van der Waals surface area contributed by atoms with Crippen molar-refractivity contribution < 1.29 is 4.79 Å². The molecule has 0 spiro atoms. The topological polar surface area (TPSA) is 55.1 Å². The largest absolute Gasteiger partial charge is 0.382 e. The van der Waals surface area contributed by atoms with Gasteiger partial charge in [0.1, 0.15) is 0 Å². The lowest BCUT2D eigenvalue weighted by Crippen LogP contribution is -2.24. The van der Waals surface area contributed by atoms with Crippen LogP contribution in [0.25, 0.3) is 0 Å². The second kappa shape index (κ2) is 6.28. The molecule has 0 heterocycles. The van der Waals surface area contributed by atoms with E-state index in [0.717, 1.165) is 17.7 Å². The summed E-state index contributed by atoms with van der Waals surface area (Å²) in [6, 6.07) is 8.38. The molecule has 1 unspecified atom stereocenters. The van der Waals surface area contributed by atoms with Crippen LogP contribution in [0.2, 0.25) is 0 Å². The van der Waals surface area contributed by atoms with Gasteiger partial charge in [-0.3, -0.25) is 4.79 Å². The lowest BCUT2D eigenvalue weighted by atomic mass is 10.0. The van der Waals surface area contributed by atoms with Gasteiger partial charge in [0.05, 0.1) is 6.42 Å². The Kier molecular flexibility index (Phi) is 5.01. The molecule has 1 amide bonds. The van der Waals surface area contributed by atoms with E-state index in [-0.39, 0.29) is 5.91 Å². The second-order valence-corrected chi connectivity index (χ2v) is 4.74. The van der Waals surface area contributed by atoms with E-state index in [1.807, 2.05) is 24.3 Å². The Hall–Kier alpha value is -1.51. The van der Waals surface area contributed by atoms with Crippen molar-refractivity contribution in [2.24, 2.45) is 11.7 Å². The molecule has 3 heteroatoms. The van der Waals surface area contributed by atoms with E-state index in [0.29, 0.717) is 18.4 Å². The van der Waals surface area contributed by atoms with Crippen LogP contribution in [0.1, 0.15) is 32.8 Å². The maximum atomic E-state index is 10.8. The molecule has 1 aromatic rings. The average Bonchev–Trinajstić information content (AvgIpc) is 2.26. The number of hydrogen-bond donors (Lipinski definition) is 2. The molecule has 17 heavy (non-hydrogen) atoms. The molecule has 0 aromatic heterocycles. The number of anilines is 1. The molecule has 0 saturated heterocycles. The summed E-state index contributed by atoms with van der Waals surface area (Å²) in [5, 5.41) is 3.49. The number of carbonyl (C=O) groups excluding carboxylic acids is 1. The van der Waals surface area contributed by atoms with Crippen molar-refractivity contribution in [2.75, 3.05) is 5.32 Å². The maximum absolute atomic E-state index is 10.8. The first-order valence-corrected chi connectivity index (χ1v) is 6.16. The van der Waals surface area contributed by atoms with Gasteiger partial charge in [-0.05, 0) is 30.0 Å². The molecule has 0 saturated carbocycles. The fourth-order valence-electron chi connectivity index (χ4n) is 1.87. The molecule has 0 bridgehead atoms. The van der Waals surface area contributed by atoms with E-state index in [9.17, 15) is 4.79 Å². The van der Waals surface area contributed by atoms with Gasteiger partial charge in [-0.15, -0.1) is 0 Å². The van der Waals surface area contributed by atoms with E-state index in [1.54, 1.807) is 0 Å². The predicted octanol–water partition coefficient (Wildman–Crippen LogP) is 2.56. The molecule has 94 valence electrons. The van der Waals surface area contributed by atoms with Gasteiger partial charge in [0, 0.05) is 11.7 Å². The highest BCUT2D eigenvalue weighted by Crippen LogP contribution is 2.16. The monoisotopic (exact) mass is 234 g/mol. The van der Waals surface area contributed by atoms with Crippen molar-refractivity contribution in [3.05, 3.63) is 29.8 Å². The van der Waals surface area contributed by atoms with Crippen LogP contribution in [0, 0.1) is 5.92 Å². The number of nitrogens with two attached hydrogens (primary N) is 1. The first-order chi connectivity index (χ1) is 8.02. The molecule has 3 N–H and O–H groups in total. The molecule has 0 fully saturated rings. The van der Waals surface area contributed by atoms with Crippen LogP contribution >= 0.6 is 0 Å². The smallest absolute Gasteiger partial charge is 0.221 e. The van der Waals surface area contributed by atoms with Gasteiger partial charge in [0.25, 0.3) is 0 Å². The zero-order chi connectivity index (χ0) is 12.8. The summed E-state index contributed by atoms with van der Waals surface area (Å²) in [5.74, 6) is 0.310. The standard InChI is InChI=1S/C14H22N2O/c1-4-13(10(2)3)16-12-7-5-11(6-8-12)9-14(15)17/h5-8,10,13,16H,4,9H2,1-3H3,(H2,15,17). The summed E-state index contributed by atoms with van der Waals surface area (Å²) in [6.07, 6.45) is 1.41. The van der Waals surface area contributed by atoms with E-state index in [2.05, 4.69) is 26.1 Å². The summed E-state index contributed by atoms with van der Waals surface area (Å²) < 4.78 is 0. The summed E-state index contributed by atoms with van der Waals surface area (Å²) in [6.45, 7) is 6.60. The van der Waals surface area contributed by atoms with Gasteiger partial charge in [0.2, 0.25) is 5.91 Å². The molecule has 3 nitrogen and oxygen atoms in total. The highest BCUT2D eigenvalue weighted by molar-refractivity contribution is 5.76. The molecule has 0 aliphatic heterocycles. The van der Waals surface area contributed by atoms with E-state index >= 15 is 0 Å². The van der Waals surface area contributed by atoms with Crippen LogP contribution in [0.3, 0.4) is 0 Å². The van der Waals surface area contributed by atoms with Crippen LogP contribution in [0.5, 0.6) is 0 Å². The van der Waals surface area contributed by atoms with Crippen LogP contribution < -0.4 is 11.1 Å². The minimum Gasteiger partial charge on any atom is -0.382 e. The maximum Gasteiger partial charge on any atom is 0.221 e. The number of primary amides is 1. The van der Waals surface area contributed by atoms with Crippen molar-refractivity contribution in [3.63, 3.8) is 0 Å². The third kappa shape index (κ3) is 4.47. The molecule has 1 aromatic carbocycles. The zero-order valence-corrected chi connectivity index (χ0v) is 10.9. The third-order valence-corrected chi connectivity index (χ3v) is 2.93. The van der Waals surface area contributed by atoms with Gasteiger partial charge < -0.3 is 11.1 Å². The van der Waals surface area contributed by atoms with Gasteiger partial charge in [-0.25, -0.2) is 0 Å². The van der Waals surface area contributed by atoms with Gasteiger partial charge >= 0.3 is 0 Å². The minimum atomic E-state index is -0.292. The fraction of sp³-hybridized carbons (Fsp3) is 0.500. The number of carbonyl (C=O) groups is 1. The molecular weight excluding hydrogens is 212 g/mol. The summed E-state index contributed by atoms with van der Waals surface area (Å²) >= 11 is 0. The van der Waals surface area contributed by atoms with Gasteiger partial charge in [0.15, 0.2) is 0 Å². The van der Waals surface area contributed by atoms with Gasteiger partial charge in [-0.2, -0.15) is 0 Å². The zero-order valence-electron chi connectivity index (χ0n) is 10.9. The molecule has 1 atom stereocenters. The number of hydrogen-bond acceptors (Lipinski definition) is 2. The highest BCUT2D eigenvalue weighted by atomic mass is 16.1. The molecule has 0 aliphatic rings. The Bertz CT molecular complexity index is 357. The molecule has 0 radical (unpaired) electrons. The SMILES string of the molecule is CCC(Nc1ccc(CC(N)=O)cc1)C(C)C. The normalized spacial score (nSPS) is 12.5. The van der Waals surface area contributed by atoms with Crippen LogP contribution in [-0.4, -0.2) is 11.9 Å². The fourth-order valence-corrected chi connectivity index (χ4v) is 1.87. The first kappa shape index (κ1) is 13.6.